The largest absolute Gasteiger partial charge is 0.376 e. The lowest BCUT2D eigenvalue weighted by Gasteiger charge is -2.27. The van der Waals surface area contributed by atoms with Crippen LogP contribution in [-0.2, 0) is 18.2 Å². The number of carbonyl (C=O) groups excluding carboxylic acids is 1. The minimum Gasteiger partial charge on any atom is -0.376 e. The summed E-state index contributed by atoms with van der Waals surface area (Å²) in [5.41, 5.74) is 3.39. The van der Waals surface area contributed by atoms with Gasteiger partial charge in [-0.2, -0.15) is 5.10 Å². The second-order valence-electron chi connectivity index (χ2n) is 6.77. The number of rotatable bonds is 6. The highest BCUT2D eigenvalue weighted by Crippen LogP contribution is 2.32. The van der Waals surface area contributed by atoms with Gasteiger partial charge in [0.1, 0.15) is 5.69 Å². The first-order valence-electron chi connectivity index (χ1n) is 8.49. The number of nitrogens with zero attached hydrogens (tertiary/aromatic N) is 4. The molecule has 24 heavy (non-hydrogen) atoms. The lowest BCUT2D eigenvalue weighted by atomic mass is 10.0. The first-order chi connectivity index (χ1) is 11.7. The number of thiazole rings is 1. The summed E-state index contributed by atoms with van der Waals surface area (Å²) in [6.07, 6.45) is 8.23. The molecule has 7 heteroatoms. The van der Waals surface area contributed by atoms with E-state index in [1.807, 2.05) is 29.7 Å². The van der Waals surface area contributed by atoms with Crippen molar-refractivity contribution in [1.29, 1.82) is 0 Å². The van der Waals surface area contributed by atoms with Gasteiger partial charge < -0.3 is 9.64 Å². The van der Waals surface area contributed by atoms with Gasteiger partial charge in [-0.3, -0.25) is 9.48 Å². The van der Waals surface area contributed by atoms with Crippen LogP contribution in [-0.4, -0.2) is 50.9 Å². The van der Waals surface area contributed by atoms with Gasteiger partial charge in [0.2, 0.25) is 0 Å². The number of carbonyl (C=O) groups is 1. The Morgan fingerprint density at radius 1 is 1.42 bits per heavy atom. The normalized spacial score (nSPS) is 23.8. The zero-order chi connectivity index (χ0) is 16.5. The molecule has 1 saturated carbocycles. The fourth-order valence-corrected chi connectivity index (χ4v) is 3.87. The minimum atomic E-state index is 0.0164. The summed E-state index contributed by atoms with van der Waals surface area (Å²) in [7, 11) is 1.91. The molecule has 0 radical (unpaired) electrons. The Balaban J connectivity index is 1.51. The molecule has 3 heterocycles. The predicted octanol–water partition coefficient (Wildman–Crippen LogP) is 2.13. The number of ether oxygens (including phenoxy) is 1. The summed E-state index contributed by atoms with van der Waals surface area (Å²) in [6, 6.07) is 0.0575. The van der Waals surface area contributed by atoms with Crippen molar-refractivity contribution in [1.82, 2.24) is 19.7 Å². The van der Waals surface area contributed by atoms with Gasteiger partial charge >= 0.3 is 0 Å². The van der Waals surface area contributed by atoms with Crippen molar-refractivity contribution in [2.45, 2.75) is 37.8 Å². The van der Waals surface area contributed by atoms with Crippen LogP contribution in [0.4, 0.5) is 0 Å². The molecule has 0 N–H and O–H groups in total. The lowest BCUT2D eigenvalue weighted by molar-refractivity contribution is 0.0199. The molecule has 1 aliphatic heterocycles. The van der Waals surface area contributed by atoms with Gasteiger partial charge in [-0.1, -0.05) is 0 Å². The van der Waals surface area contributed by atoms with E-state index in [4.69, 9.17) is 4.74 Å². The molecule has 2 atom stereocenters. The molecular weight excluding hydrogens is 324 g/mol. The van der Waals surface area contributed by atoms with E-state index >= 15 is 0 Å². The van der Waals surface area contributed by atoms with Crippen LogP contribution in [0.2, 0.25) is 0 Å². The van der Waals surface area contributed by atoms with Gasteiger partial charge in [0.05, 0.1) is 23.9 Å². The first-order valence-corrected chi connectivity index (χ1v) is 9.43. The molecule has 2 aliphatic rings. The second-order valence-corrected chi connectivity index (χ2v) is 7.49. The number of aromatic nitrogens is 3. The summed E-state index contributed by atoms with van der Waals surface area (Å²) >= 11 is 1.46. The highest BCUT2D eigenvalue weighted by Gasteiger charge is 2.39. The Morgan fingerprint density at radius 3 is 2.96 bits per heavy atom. The van der Waals surface area contributed by atoms with Crippen LogP contribution >= 0.6 is 11.3 Å². The van der Waals surface area contributed by atoms with E-state index in [0.717, 1.165) is 37.5 Å². The average Bonchev–Trinajstić information content (AvgIpc) is 2.98. The molecule has 2 fully saturated rings. The van der Waals surface area contributed by atoms with Crippen molar-refractivity contribution < 1.29 is 9.53 Å². The molecule has 0 unspecified atom stereocenters. The minimum absolute atomic E-state index is 0.0164. The number of likely N-dealkylation sites (tertiary alicyclic amines) is 1. The Hall–Kier alpha value is -1.73. The van der Waals surface area contributed by atoms with Gasteiger partial charge in [-0.25, -0.2) is 4.98 Å². The zero-order valence-electron chi connectivity index (χ0n) is 13.8. The van der Waals surface area contributed by atoms with Gasteiger partial charge in [0.25, 0.3) is 5.91 Å². The van der Waals surface area contributed by atoms with Gasteiger partial charge in [0.15, 0.2) is 0 Å². The highest BCUT2D eigenvalue weighted by atomic mass is 32.1. The third-order valence-electron chi connectivity index (χ3n) is 4.84. The topological polar surface area (TPSA) is 60.2 Å². The molecule has 4 rings (SSSR count). The van der Waals surface area contributed by atoms with Gasteiger partial charge in [-0.05, 0) is 37.2 Å². The molecule has 128 valence electrons. The molecule has 2 aromatic rings. The van der Waals surface area contributed by atoms with Gasteiger partial charge in [-0.15, -0.1) is 11.3 Å². The summed E-state index contributed by atoms with van der Waals surface area (Å²) in [5.74, 6) is 0.745. The fraction of sp³-hybridized carbons (Fsp3) is 0.588. The van der Waals surface area contributed by atoms with E-state index in [1.54, 1.807) is 10.2 Å². The molecule has 6 nitrogen and oxygen atoms in total. The van der Waals surface area contributed by atoms with Crippen LogP contribution in [0.15, 0.2) is 23.3 Å². The summed E-state index contributed by atoms with van der Waals surface area (Å²) in [6.45, 7) is 1.56. The van der Waals surface area contributed by atoms with Crippen LogP contribution in [0.3, 0.4) is 0 Å². The maximum absolute atomic E-state index is 12.8. The van der Waals surface area contributed by atoms with Crippen molar-refractivity contribution in [3.63, 3.8) is 0 Å². The monoisotopic (exact) mass is 346 g/mol. The Morgan fingerprint density at radius 2 is 2.29 bits per heavy atom. The zero-order valence-corrected chi connectivity index (χ0v) is 14.6. The predicted molar refractivity (Wildman–Crippen MR) is 90.9 cm³/mol. The van der Waals surface area contributed by atoms with Crippen molar-refractivity contribution in [2.24, 2.45) is 13.0 Å². The number of amides is 1. The Labute approximate surface area is 145 Å². The summed E-state index contributed by atoms with van der Waals surface area (Å²) in [4.78, 5) is 18.9. The van der Waals surface area contributed by atoms with Crippen LogP contribution < -0.4 is 0 Å². The molecule has 1 aliphatic carbocycles. The van der Waals surface area contributed by atoms with Crippen molar-refractivity contribution in [3.8, 4) is 0 Å². The fourth-order valence-electron chi connectivity index (χ4n) is 3.34. The van der Waals surface area contributed by atoms with Crippen molar-refractivity contribution >= 4 is 17.2 Å². The molecule has 0 spiro atoms. The standard InChI is InChI=1S/C17H22N4O2S/c1-20-8-13(7-19-20)6-15-16(23-9-12-2-3-12)4-5-21(15)17(22)14-10-24-11-18-14/h7-8,10-12,15-16H,2-6,9H2,1H3/t15-,16-/m1/s1. The van der Waals surface area contributed by atoms with E-state index in [9.17, 15) is 4.79 Å². The van der Waals surface area contributed by atoms with E-state index in [1.165, 1.54) is 24.2 Å². The second kappa shape index (κ2) is 6.64. The third-order valence-corrected chi connectivity index (χ3v) is 5.43. The first kappa shape index (κ1) is 15.8. The smallest absolute Gasteiger partial charge is 0.273 e. The molecular formula is C17H22N4O2S. The molecule has 1 amide bonds. The van der Waals surface area contributed by atoms with E-state index in [0.29, 0.717) is 5.69 Å². The summed E-state index contributed by atoms with van der Waals surface area (Å²) < 4.78 is 7.98. The third kappa shape index (κ3) is 3.37. The molecule has 0 aromatic carbocycles. The molecule has 1 saturated heterocycles. The average molecular weight is 346 g/mol. The Bertz CT molecular complexity index is 695. The van der Waals surface area contributed by atoms with Crippen LogP contribution in [0, 0.1) is 5.92 Å². The maximum atomic E-state index is 12.8. The highest BCUT2D eigenvalue weighted by molar-refractivity contribution is 7.07. The van der Waals surface area contributed by atoms with Crippen LogP contribution in [0.1, 0.15) is 35.3 Å². The summed E-state index contributed by atoms with van der Waals surface area (Å²) in [5, 5.41) is 6.07. The number of hydrogen-bond donors (Lipinski definition) is 0. The van der Waals surface area contributed by atoms with E-state index in [2.05, 4.69) is 10.1 Å². The van der Waals surface area contributed by atoms with Crippen LogP contribution in [0.5, 0.6) is 0 Å². The maximum Gasteiger partial charge on any atom is 0.273 e. The lowest BCUT2D eigenvalue weighted by Crippen LogP contribution is -2.42. The quantitative estimate of drug-likeness (QED) is 0.804. The van der Waals surface area contributed by atoms with Crippen molar-refractivity contribution in [3.05, 3.63) is 34.5 Å². The van der Waals surface area contributed by atoms with E-state index < -0.39 is 0 Å². The number of aryl methyl sites for hydroxylation is 1. The van der Waals surface area contributed by atoms with Gasteiger partial charge in [0, 0.05) is 31.8 Å². The molecule has 0 bridgehead atoms. The SMILES string of the molecule is Cn1cc(C[C@@H]2[C@H](OCC3CC3)CCN2C(=O)c2cscn2)cn1. The molecule has 2 aromatic heterocycles. The van der Waals surface area contributed by atoms with Crippen molar-refractivity contribution in [2.75, 3.05) is 13.2 Å². The van der Waals surface area contributed by atoms with Crippen LogP contribution in [0.25, 0.3) is 0 Å². The Kier molecular flexibility index (Phi) is 4.37. The van der Waals surface area contributed by atoms with E-state index in [-0.39, 0.29) is 18.1 Å². The number of hydrogen-bond acceptors (Lipinski definition) is 5.